The number of unbranched alkanes of at least 4 members (excludes halogenated alkanes) is 45. The fourth-order valence-corrected chi connectivity index (χ4v) is 14.6. The first-order valence-corrected chi connectivity index (χ1v) is 42.6. The quantitative estimate of drug-likeness (QED) is 0.0273. The molecule has 1 aliphatic heterocycles. The molecule has 0 amide bonds. The molecule has 2 nitrogen and oxygen atoms in total. The second-order valence-electron chi connectivity index (χ2n) is 29.4. The molecule has 0 spiro atoms. The van der Waals surface area contributed by atoms with E-state index < -0.39 is 0 Å². The van der Waals surface area contributed by atoms with Crippen LogP contribution in [-0.4, -0.2) is 4.70 Å². The van der Waals surface area contributed by atoms with Crippen LogP contribution in [0.3, 0.4) is 0 Å². The van der Waals surface area contributed by atoms with E-state index in [9.17, 15) is 5.53 Å². The Kier molecular flexibility index (Phi) is 66.7. The Balaban J connectivity index is 0.00000190. The normalized spacial score (nSPS) is 12.2. The maximum atomic E-state index is 13.0. The summed E-state index contributed by atoms with van der Waals surface area (Å²) in [5, 5.41) is 0. The van der Waals surface area contributed by atoms with Gasteiger partial charge in [0.25, 0.3) is 0 Å². The molecule has 0 N–H and O–H groups in total. The Labute approximate surface area is 601 Å². The molecule has 94 heavy (non-hydrogen) atoms. The predicted molar refractivity (Wildman–Crippen MR) is 423 cm³/mol. The van der Waals surface area contributed by atoms with Crippen molar-refractivity contribution in [2.75, 3.05) is 0 Å². The van der Waals surface area contributed by atoms with Gasteiger partial charge in [0, 0.05) is 22.3 Å². The van der Waals surface area contributed by atoms with Gasteiger partial charge in [0.1, 0.15) is 0 Å². The van der Waals surface area contributed by atoms with E-state index in [2.05, 4.69) is 107 Å². The van der Waals surface area contributed by atoms with E-state index in [1.165, 1.54) is 363 Å². The van der Waals surface area contributed by atoms with Crippen molar-refractivity contribution >= 4 is 11.4 Å². The molecule has 0 saturated heterocycles. The van der Waals surface area contributed by atoms with Crippen molar-refractivity contribution in [3.63, 3.8) is 0 Å². The monoisotopic (exact) mass is 1340 g/mol. The minimum absolute atomic E-state index is 0. The van der Waals surface area contributed by atoms with E-state index in [0.717, 1.165) is 75.6 Å². The van der Waals surface area contributed by atoms with Crippen LogP contribution in [0, 0.1) is 13.8 Å². The average Bonchev–Trinajstić information content (AvgIpc) is 1.58. The zero-order chi connectivity index (χ0) is 67.9. The van der Waals surface area contributed by atoms with Gasteiger partial charge in [-0.2, -0.15) is 12.8 Å². The molecule has 3 rings (SSSR count). The molecular weight excluding hydrogens is 1180 g/mol. The Morgan fingerprint density at radius 2 is 0.415 bits per heavy atom. The fraction of sp³-hybridized carbons (Fsp3) is 0.802. The molecule has 1 heterocycles. The second kappa shape index (κ2) is 68.2. The van der Waals surface area contributed by atoms with Gasteiger partial charge in [-0.15, -0.1) is 0 Å². The van der Waals surface area contributed by atoms with Gasteiger partial charge in [-0.3, -0.25) is 0 Å². The number of rotatable bonds is 63. The molecule has 2 aromatic carbocycles. The van der Waals surface area contributed by atoms with Crippen LogP contribution in [0.5, 0.6) is 0 Å². The smallest absolute Gasteiger partial charge is 0.493 e. The van der Waals surface area contributed by atoms with E-state index in [4.69, 9.17) is 0 Å². The third kappa shape index (κ3) is 44.2. The van der Waals surface area contributed by atoms with E-state index >= 15 is 0 Å². The van der Waals surface area contributed by atoms with Gasteiger partial charge < -0.3 is 19.4 Å². The maximum absolute atomic E-state index is 13.0. The van der Waals surface area contributed by atoms with Crippen molar-refractivity contribution in [3.8, 4) is 0 Å². The molecule has 0 radical (unpaired) electrons. The minimum atomic E-state index is 0. The molecule has 0 atom stereocenters. The van der Waals surface area contributed by atoms with E-state index in [1.54, 1.807) is 38.1 Å². The molecular formula is C91H164N2Ni. The summed E-state index contributed by atoms with van der Waals surface area (Å²) in [5.74, 6) is 0. The third-order valence-corrected chi connectivity index (χ3v) is 20.6. The van der Waals surface area contributed by atoms with Gasteiger partial charge in [0.2, 0.25) is 11.4 Å². The first kappa shape index (κ1) is 92.0. The van der Waals surface area contributed by atoms with Crippen LogP contribution in [0.2, 0.25) is 0 Å². The van der Waals surface area contributed by atoms with Crippen molar-refractivity contribution in [2.24, 2.45) is 0 Å². The van der Waals surface area contributed by atoms with Crippen LogP contribution in [0.4, 0.5) is 0 Å². The number of nitrogens with zero attached hydrogens (tertiary/aromatic N) is 2. The van der Waals surface area contributed by atoms with Crippen molar-refractivity contribution in [1.29, 1.82) is 0 Å². The van der Waals surface area contributed by atoms with Crippen molar-refractivity contribution in [1.82, 2.24) is 0 Å². The van der Waals surface area contributed by atoms with Crippen LogP contribution in [0.25, 0.3) is 16.9 Å². The summed E-state index contributed by atoms with van der Waals surface area (Å²) in [7, 11) is 0. The molecule has 0 unspecified atom stereocenters. The molecule has 2 aromatic rings. The molecule has 548 valence electrons. The van der Waals surface area contributed by atoms with Gasteiger partial charge in [-0.1, -0.05) is 358 Å². The van der Waals surface area contributed by atoms with Crippen molar-refractivity contribution in [2.45, 2.75) is 474 Å². The maximum Gasteiger partial charge on any atom is 2.00 e. The fourth-order valence-electron chi connectivity index (χ4n) is 14.6. The summed E-state index contributed by atoms with van der Waals surface area (Å²) >= 11 is 0. The second-order valence-corrected chi connectivity index (χ2v) is 29.4. The molecule has 0 aliphatic carbocycles. The summed E-state index contributed by atoms with van der Waals surface area (Å²) in [6.07, 6.45) is 83.4. The minimum Gasteiger partial charge on any atom is -0.493 e. The Morgan fingerprint density at radius 1 is 0.234 bits per heavy atom. The predicted octanol–water partition coefficient (Wildman–Crippen LogP) is 32.2. The van der Waals surface area contributed by atoms with Crippen LogP contribution in [0.1, 0.15) is 480 Å². The zero-order valence-electron chi connectivity index (χ0n) is 65.5. The van der Waals surface area contributed by atoms with Crippen LogP contribution < -0.4 is 0 Å². The Bertz CT molecular complexity index is 1940. The summed E-state index contributed by atoms with van der Waals surface area (Å²) < 4.78 is 1.74. The van der Waals surface area contributed by atoms with Crippen LogP contribution in [0.15, 0.2) is 35.4 Å². The van der Waals surface area contributed by atoms with Gasteiger partial charge in [0.15, 0.2) is 0 Å². The molecule has 0 bridgehead atoms. The molecule has 0 fully saturated rings. The van der Waals surface area contributed by atoms with Gasteiger partial charge in [-0.05, 0) is 160 Å². The SMILES string of the molecule is CCCCCC1=C(c2cc(CCCCC)c(CCCCC)c(CCCCC)c2)[N+](=[N-])C(c2cc(CCCCC)c(CCCCC)c(CCCCC)c2)=C1CCCC.[CH2-]CCCCCCCCCCCCCCCCC.[CH2-]CCCCCCCCCCCCCCCCC.[Ni+2]. The van der Waals surface area contributed by atoms with E-state index in [-0.39, 0.29) is 16.5 Å². The summed E-state index contributed by atoms with van der Waals surface area (Å²) in [4.78, 5) is 0. The molecule has 0 aromatic heterocycles. The first-order chi connectivity index (χ1) is 45.8. The zero-order valence-corrected chi connectivity index (χ0v) is 66.5. The Hall–Kier alpha value is -1.99. The van der Waals surface area contributed by atoms with E-state index in [0.29, 0.717) is 0 Å². The van der Waals surface area contributed by atoms with Crippen LogP contribution in [-0.2, 0) is 55.0 Å². The summed E-state index contributed by atoms with van der Waals surface area (Å²) in [6, 6.07) is 10.2. The summed E-state index contributed by atoms with van der Waals surface area (Å²) in [5.41, 5.74) is 30.1. The topological polar surface area (TPSA) is 25.3 Å². The van der Waals surface area contributed by atoms with Gasteiger partial charge in [-0.25, -0.2) is 4.70 Å². The molecule has 0 saturated carbocycles. The number of hydrogen-bond acceptors (Lipinski definition) is 0. The van der Waals surface area contributed by atoms with Crippen molar-refractivity contribution < 1.29 is 21.2 Å². The van der Waals surface area contributed by atoms with Gasteiger partial charge in [0.05, 0.1) is 0 Å². The average molecular weight is 1350 g/mol. The van der Waals surface area contributed by atoms with Crippen molar-refractivity contribution in [3.05, 3.63) is 99.3 Å². The number of aryl methyl sites for hydroxylation is 4. The number of allylic oxidation sites excluding steroid dienone is 2. The van der Waals surface area contributed by atoms with Gasteiger partial charge >= 0.3 is 16.5 Å². The number of benzene rings is 2. The van der Waals surface area contributed by atoms with E-state index in [1.807, 2.05) is 0 Å². The third-order valence-electron chi connectivity index (χ3n) is 20.6. The standard InChI is InChI=1S/C55H90N2.2C18H37.Ni/c1-9-17-25-32-44-40-48(41-45(33-26-18-10-2)50(44)37-29-21-13-5)54-52(36-24-16-8)53(39-31-23-15-7)55(57(54)56)49-42-46(34-27-19-11-3)51(38-30-22-14-6)47(43-49)35-28-20-12-4;2*1-3-5-7-9-11-13-15-17-18-16-14-12-10-8-6-4-2;/h40-43H,9-39H2,1-8H3;2*1,3-18H2,2H3;/q;2*-1;+2. The summed E-state index contributed by atoms with van der Waals surface area (Å²) in [6.45, 7) is 31.0. The molecule has 1 aliphatic rings. The first-order valence-electron chi connectivity index (χ1n) is 42.6. The Morgan fingerprint density at radius 3 is 0.638 bits per heavy atom. The number of hydrogen-bond donors (Lipinski definition) is 0. The largest absolute Gasteiger partial charge is 2.00 e. The van der Waals surface area contributed by atoms with Crippen LogP contribution >= 0.6 is 0 Å². The molecule has 3 heteroatoms.